The Morgan fingerprint density at radius 3 is 2.80 bits per heavy atom. The minimum absolute atomic E-state index is 0.210. The summed E-state index contributed by atoms with van der Waals surface area (Å²) in [5.74, 6) is 0. The van der Waals surface area contributed by atoms with Gasteiger partial charge in [0.05, 0.1) is 12.2 Å². The van der Waals surface area contributed by atoms with Crippen molar-refractivity contribution in [2.75, 3.05) is 0 Å². The first-order chi connectivity index (χ1) is 4.71. The molecular formula is C10H13+. The Hall–Kier alpha value is -0.870. The molecule has 0 heteroatoms. The molecule has 0 N–H and O–H groups in total. The fourth-order valence-corrected chi connectivity index (χ4v) is 0.894. The molecule has 0 aromatic carbocycles. The van der Waals surface area contributed by atoms with Crippen molar-refractivity contribution in [2.45, 2.75) is 20.3 Å². The van der Waals surface area contributed by atoms with Crippen molar-refractivity contribution in [1.82, 2.24) is 0 Å². The van der Waals surface area contributed by atoms with Crippen LogP contribution in [0.1, 0.15) is 20.3 Å². The van der Waals surface area contributed by atoms with Gasteiger partial charge < -0.3 is 0 Å². The SMILES string of the molecule is CC1(C)[C+]=C/C=C\C=C/C1. The third-order valence-electron chi connectivity index (χ3n) is 1.56. The lowest BCUT2D eigenvalue weighted by molar-refractivity contribution is 0.470. The van der Waals surface area contributed by atoms with Gasteiger partial charge >= 0.3 is 0 Å². The van der Waals surface area contributed by atoms with Gasteiger partial charge in [-0.15, -0.1) is 0 Å². The van der Waals surface area contributed by atoms with Gasteiger partial charge in [-0.05, 0) is 19.9 Å². The Morgan fingerprint density at radius 2 is 2.00 bits per heavy atom. The van der Waals surface area contributed by atoms with Crippen molar-refractivity contribution in [3.05, 3.63) is 36.5 Å². The Bertz CT molecular complexity index is 180. The molecule has 0 heterocycles. The third kappa shape index (κ3) is 2.16. The highest BCUT2D eigenvalue weighted by Gasteiger charge is 2.19. The van der Waals surface area contributed by atoms with Crippen molar-refractivity contribution in [1.29, 1.82) is 0 Å². The maximum Gasteiger partial charge on any atom is 0.155 e. The van der Waals surface area contributed by atoms with E-state index in [9.17, 15) is 0 Å². The van der Waals surface area contributed by atoms with Crippen LogP contribution in [0.25, 0.3) is 0 Å². The Kier molecular flexibility index (Phi) is 2.03. The zero-order valence-electron chi connectivity index (χ0n) is 6.59. The van der Waals surface area contributed by atoms with Gasteiger partial charge in [-0.25, -0.2) is 0 Å². The fourth-order valence-electron chi connectivity index (χ4n) is 0.894. The minimum atomic E-state index is 0.210. The summed E-state index contributed by atoms with van der Waals surface area (Å²) in [6, 6.07) is 0. The first-order valence-electron chi connectivity index (χ1n) is 3.63. The van der Waals surface area contributed by atoms with Crippen molar-refractivity contribution in [2.24, 2.45) is 5.41 Å². The molecule has 0 saturated carbocycles. The molecule has 0 unspecified atom stereocenters. The van der Waals surface area contributed by atoms with E-state index < -0.39 is 0 Å². The van der Waals surface area contributed by atoms with Crippen LogP contribution in [0.5, 0.6) is 0 Å². The van der Waals surface area contributed by atoms with Gasteiger partial charge in [0, 0.05) is 12.5 Å². The molecule has 0 atom stereocenters. The quantitative estimate of drug-likeness (QED) is 0.446. The van der Waals surface area contributed by atoms with E-state index in [0.717, 1.165) is 6.42 Å². The van der Waals surface area contributed by atoms with E-state index in [-0.39, 0.29) is 5.41 Å². The van der Waals surface area contributed by atoms with E-state index in [4.69, 9.17) is 0 Å². The topological polar surface area (TPSA) is 0 Å². The molecule has 0 fully saturated rings. The predicted octanol–water partition coefficient (Wildman–Crippen LogP) is 2.89. The molecule has 0 aliphatic heterocycles. The smallest absolute Gasteiger partial charge is 0.0794 e. The third-order valence-corrected chi connectivity index (χ3v) is 1.56. The van der Waals surface area contributed by atoms with Crippen LogP contribution >= 0.6 is 0 Å². The van der Waals surface area contributed by atoms with Crippen LogP contribution < -0.4 is 0 Å². The Labute approximate surface area is 62.9 Å². The van der Waals surface area contributed by atoms with Crippen molar-refractivity contribution >= 4 is 0 Å². The highest BCUT2D eigenvalue weighted by Crippen LogP contribution is 2.22. The van der Waals surface area contributed by atoms with Gasteiger partial charge in [0.25, 0.3) is 0 Å². The molecule has 0 amide bonds. The summed E-state index contributed by atoms with van der Waals surface area (Å²) in [6.45, 7) is 4.38. The molecule has 0 aromatic rings. The maximum atomic E-state index is 3.30. The molecule has 1 aliphatic rings. The number of rotatable bonds is 0. The zero-order chi connectivity index (χ0) is 7.45. The largest absolute Gasteiger partial charge is 0.155 e. The molecule has 1 aliphatic carbocycles. The monoisotopic (exact) mass is 133 g/mol. The summed E-state index contributed by atoms with van der Waals surface area (Å²) in [4.78, 5) is 0. The van der Waals surface area contributed by atoms with E-state index in [0.29, 0.717) is 0 Å². The van der Waals surface area contributed by atoms with E-state index in [1.807, 2.05) is 18.2 Å². The molecule has 10 heavy (non-hydrogen) atoms. The summed E-state index contributed by atoms with van der Waals surface area (Å²) in [5, 5.41) is 0. The summed E-state index contributed by atoms with van der Waals surface area (Å²) < 4.78 is 0. The first-order valence-corrected chi connectivity index (χ1v) is 3.63. The molecule has 52 valence electrons. The van der Waals surface area contributed by atoms with Gasteiger partial charge in [0.1, 0.15) is 5.41 Å². The standard InChI is InChI=1S/C10H13/c1-10(2)8-6-4-3-5-7-9-10/h3-7H,8H2,1-2H3/q+1/b5-3-,6-4-. The maximum absolute atomic E-state index is 3.30. The van der Waals surface area contributed by atoms with Gasteiger partial charge in [0.2, 0.25) is 0 Å². The van der Waals surface area contributed by atoms with E-state index in [1.165, 1.54) is 0 Å². The molecule has 0 radical (unpaired) electrons. The highest BCUT2D eigenvalue weighted by atomic mass is 14.1. The van der Waals surface area contributed by atoms with E-state index in [1.54, 1.807) is 0 Å². The van der Waals surface area contributed by atoms with Gasteiger partial charge in [-0.1, -0.05) is 6.08 Å². The van der Waals surface area contributed by atoms with Crippen molar-refractivity contribution < 1.29 is 0 Å². The zero-order valence-corrected chi connectivity index (χ0v) is 6.59. The van der Waals surface area contributed by atoms with Crippen molar-refractivity contribution in [3.63, 3.8) is 0 Å². The molecule has 0 saturated heterocycles. The van der Waals surface area contributed by atoms with Gasteiger partial charge in [-0.3, -0.25) is 0 Å². The highest BCUT2D eigenvalue weighted by molar-refractivity contribution is 5.14. The second-order valence-corrected chi connectivity index (χ2v) is 3.21. The summed E-state index contributed by atoms with van der Waals surface area (Å²) in [5.41, 5.74) is 0.210. The lowest BCUT2D eigenvalue weighted by Crippen LogP contribution is -2.06. The van der Waals surface area contributed by atoms with E-state index >= 15 is 0 Å². The van der Waals surface area contributed by atoms with Crippen LogP contribution in [-0.2, 0) is 0 Å². The van der Waals surface area contributed by atoms with Crippen LogP contribution in [-0.4, -0.2) is 0 Å². The van der Waals surface area contributed by atoms with E-state index in [2.05, 4.69) is 32.1 Å². The number of allylic oxidation sites excluding steroid dienone is 6. The Balaban J connectivity index is 2.74. The van der Waals surface area contributed by atoms with Gasteiger partial charge in [-0.2, -0.15) is 0 Å². The summed E-state index contributed by atoms with van der Waals surface area (Å²) in [7, 11) is 0. The normalized spacial score (nSPS) is 27.8. The molecule has 0 bridgehead atoms. The van der Waals surface area contributed by atoms with Crippen molar-refractivity contribution in [3.8, 4) is 0 Å². The minimum Gasteiger partial charge on any atom is -0.0794 e. The molecular weight excluding hydrogens is 120 g/mol. The summed E-state index contributed by atoms with van der Waals surface area (Å²) in [6.07, 6.45) is 14.7. The van der Waals surface area contributed by atoms with Crippen LogP contribution in [0.3, 0.4) is 0 Å². The number of hydrogen-bond donors (Lipinski definition) is 0. The lowest BCUT2D eigenvalue weighted by Gasteiger charge is -2.09. The average Bonchev–Trinajstić information content (AvgIpc) is 1.81. The molecule has 0 spiro atoms. The average molecular weight is 133 g/mol. The second-order valence-electron chi connectivity index (χ2n) is 3.21. The van der Waals surface area contributed by atoms with Crippen LogP contribution in [0.2, 0.25) is 0 Å². The fraction of sp³-hybridized carbons (Fsp3) is 0.400. The van der Waals surface area contributed by atoms with Crippen LogP contribution in [0.4, 0.5) is 0 Å². The number of hydrogen-bond acceptors (Lipinski definition) is 0. The molecule has 0 aromatic heterocycles. The van der Waals surface area contributed by atoms with Crippen LogP contribution in [0.15, 0.2) is 30.4 Å². The summed E-state index contributed by atoms with van der Waals surface area (Å²) >= 11 is 0. The lowest BCUT2D eigenvalue weighted by atomic mass is 9.88. The molecule has 0 nitrogen and oxygen atoms in total. The van der Waals surface area contributed by atoms with Gasteiger partial charge in [0.15, 0.2) is 6.08 Å². The van der Waals surface area contributed by atoms with Crippen LogP contribution in [0, 0.1) is 11.5 Å². The molecule has 1 rings (SSSR count). The first kappa shape index (κ1) is 7.24. The predicted molar refractivity (Wildman–Crippen MR) is 44.5 cm³/mol. The Morgan fingerprint density at radius 1 is 1.20 bits per heavy atom. The second kappa shape index (κ2) is 2.81.